The van der Waals surface area contributed by atoms with Gasteiger partial charge in [-0.05, 0) is 12.8 Å². The van der Waals surface area contributed by atoms with Crippen LogP contribution in [0.4, 0.5) is 0 Å². The number of hydrogen-bond acceptors (Lipinski definition) is 2. The average molecular weight is 190 g/mol. The highest BCUT2D eigenvalue weighted by Crippen LogP contribution is 2.02. The van der Waals surface area contributed by atoms with E-state index in [0.717, 1.165) is 0 Å². The molecule has 2 heteroatoms. The van der Waals surface area contributed by atoms with Crippen molar-refractivity contribution in [3.63, 3.8) is 0 Å². The second kappa shape index (κ2) is 8.00. The fourth-order valence-electron chi connectivity index (χ4n) is 0.970. The Bertz CT molecular complexity index is 268. The maximum atomic E-state index is 10.9. The summed E-state index contributed by atoms with van der Waals surface area (Å²) in [5, 5.41) is 0. The summed E-state index contributed by atoms with van der Waals surface area (Å²) in [6, 6.07) is 0. The van der Waals surface area contributed by atoms with Gasteiger partial charge in [-0.2, -0.15) is 0 Å². The second-order valence-electron chi connectivity index (χ2n) is 2.84. The number of hydrogen-bond donors (Lipinski definition) is 0. The van der Waals surface area contributed by atoms with E-state index in [2.05, 4.69) is 24.6 Å². The molecule has 0 N–H and O–H groups in total. The third-order valence-corrected chi connectivity index (χ3v) is 1.62. The molecule has 0 radical (unpaired) electrons. The van der Waals surface area contributed by atoms with Crippen molar-refractivity contribution in [3.05, 3.63) is 36.8 Å². The molecule has 0 saturated carbocycles. The van der Waals surface area contributed by atoms with Gasteiger partial charge in [-0.3, -0.25) is 9.59 Å². The third-order valence-electron chi connectivity index (χ3n) is 1.62. The lowest BCUT2D eigenvalue weighted by Gasteiger charge is -1.94. The van der Waals surface area contributed by atoms with E-state index in [1.165, 1.54) is 12.2 Å². The summed E-state index contributed by atoms with van der Waals surface area (Å²) in [6.45, 7) is 6.61. The van der Waals surface area contributed by atoms with Crippen molar-refractivity contribution in [2.24, 2.45) is 0 Å². The molecule has 0 unspecified atom stereocenters. The van der Waals surface area contributed by atoms with E-state index in [4.69, 9.17) is 0 Å². The van der Waals surface area contributed by atoms with Crippen LogP contribution < -0.4 is 0 Å². The standard InChI is InChI=1S/C12H14O2/c1-3-7-11(13)9-5-6-10-12(14)8-4-2/h7-8H,1-2,5-6,9-10H2. The van der Waals surface area contributed by atoms with E-state index in [1.807, 2.05) is 0 Å². The van der Waals surface area contributed by atoms with Gasteiger partial charge in [0.05, 0.1) is 0 Å². The second-order valence-corrected chi connectivity index (χ2v) is 2.84. The van der Waals surface area contributed by atoms with E-state index in [0.29, 0.717) is 25.7 Å². The van der Waals surface area contributed by atoms with Gasteiger partial charge in [0.2, 0.25) is 0 Å². The van der Waals surface area contributed by atoms with Crippen LogP contribution in [0.5, 0.6) is 0 Å². The van der Waals surface area contributed by atoms with Gasteiger partial charge in [-0.25, -0.2) is 0 Å². The fraction of sp³-hybridized carbons (Fsp3) is 0.333. The largest absolute Gasteiger partial charge is 0.294 e. The summed E-state index contributed by atoms with van der Waals surface area (Å²) in [5.74, 6) is 0.0124. The van der Waals surface area contributed by atoms with Crippen molar-refractivity contribution >= 4 is 11.6 Å². The van der Waals surface area contributed by atoms with E-state index >= 15 is 0 Å². The zero-order valence-electron chi connectivity index (χ0n) is 8.21. The van der Waals surface area contributed by atoms with Crippen LogP contribution in [-0.2, 0) is 9.59 Å². The minimum atomic E-state index is 0.00621. The summed E-state index contributed by atoms with van der Waals surface area (Å²) in [4.78, 5) is 21.9. The zero-order chi connectivity index (χ0) is 10.8. The van der Waals surface area contributed by atoms with Crippen molar-refractivity contribution < 1.29 is 9.59 Å². The molecule has 0 atom stereocenters. The van der Waals surface area contributed by atoms with Crippen LogP contribution in [0.2, 0.25) is 0 Å². The molecule has 74 valence electrons. The molecule has 0 aliphatic heterocycles. The number of carbonyl (C=O) groups is 2. The molecular formula is C12H14O2. The molecule has 14 heavy (non-hydrogen) atoms. The summed E-state index contributed by atoms with van der Waals surface area (Å²) in [7, 11) is 0. The van der Waals surface area contributed by atoms with Crippen LogP contribution in [0.15, 0.2) is 36.8 Å². The summed E-state index contributed by atoms with van der Waals surface area (Å²) >= 11 is 0. The SMILES string of the molecule is C=C=CC(=O)CCCCC(=O)C=C=C. The number of carbonyl (C=O) groups excluding carboxylic acids is 2. The Hall–Kier alpha value is -1.62. The first-order valence-electron chi connectivity index (χ1n) is 4.48. The van der Waals surface area contributed by atoms with Crippen LogP contribution in [0.1, 0.15) is 25.7 Å². The molecule has 0 spiro atoms. The first kappa shape index (κ1) is 12.4. The van der Waals surface area contributed by atoms with E-state index in [-0.39, 0.29) is 11.6 Å². The summed E-state index contributed by atoms with van der Waals surface area (Å²) in [6.07, 6.45) is 4.99. The van der Waals surface area contributed by atoms with Crippen molar-refractivity contribution in [2.75, 3.05) is 0 Å². The molecule has 0 heterocycles. The molecule has 0 rings (SSSR count). The molecule has 0 bridgehead atoms. The monoisotopic (exact) mass is 190 g/mol. The predicted octanol–water partition coefficient (Wildman–Crippen LogP) is 2.37. The number of unbranched alkanes of at least 4 members (excludes halogenated alkanes) is 1. The minimum Gasteiger partial charge on any atom is -0.294 e. The molecule has 0 aliphatic carbocycles. The minimum absolute atomic E-state index is 0.00621. The topological polar surface area (TPSA) is 34.1 Å². The van der Waals surface area contributed by atoms with Gasteiger partial charge in [0, 0.05) is 25.0 Å². The van der Waals surface area contributed by atoms with Crippen LogP contribution >= 0.6 is 0 Å². The maximum Gasteiger partial charge on any atom is 0.163 e. The highest BCUT2D eigenvalue weighted by molar-refractivity contribution is 5.90. The van der Waals surface area contributed by atoms with E-state index in [9.17, 15) is 9.59 Å². The summed E-state index contributed by atoms with van der Waals surface area (Å²) < 4.78 is 0. The normalized spacial score (nSPS) is 8.29. The number of ketones is 2. The summed E-state index contributed by atoms with van der Waals surface area (Å²) in [5.41, 5.74) is 4.84. The molecule has 2 nitrogen and oxygen atoms in total. The molecule has 0 saturated heterocycles. The molecule has 0 aromatic rings. The van der Waals surface area contributed by atoms with Gasteiger partial charge in [-0.1, -0.05) is 13.2 Å². The Kier molecular flexibility index (Phi) is 7.07. The maximum absolute atomic E-state index is 10.9. The Labute approximate surface area is 84.3 Å². The Morgan fingerprint density at radius 3 is 1.57 bits per heavy atom. The average Bonchev–Trinajstić information content (AvgIpc) is 2.13. The molecule has 0 aromatic carbocycles. The van der Waals surface area contributed by atoms with Crippen molar-refractivity contribution in [1.29, 1.82) is 0 Å². The van der Waals surface area contributed by atoms with Gasteiger partial charge in [-0.15, -0.1) is 11.5 Å². The fourth-order valence-corrected chi connectivity index (χ4v) is 0.970. The van der Waals surface area contributed by atoms with Crippen LogP contribution in [0.25, 0.3) is 0 Å². The molecular weight excluding hydrogens is 176 g/mol. The molecule has 0 amide bonds. The van der Waals surface area contributed by atoms with Gasteiger partial charge < -0.3 is 0 Å². The first-order chi connectivity index (χ1) is 6.70. The molecule has 0 fully saturated rings. The highest BCUT2D eigenvalue weighted by atomic mass is 16.1. The lowest BCUT2D eigenvalue weighted by Crippen LogP contribution is -1.95. The predicted molar refractivity (Wildman–Crippen MR) is 55.9 cm³/mol. The quantitative estimate of drug-likeness (QED) is 0.351. The van der Waals surface area contributed by atoms with Crippen LogP contribution in [0, 0.1) is 0 Å². The van der Waals surface area contributed by atoms with Gasteiger partial charge in [0.15, 0.2) is 11.6 Å². The number of allylic oxidation sites excluding steroid dienone is 2. The van der Waals surface area contributed by atoms with E-state index < -0.39 is 0 Å². The van der Waals surface area contributed by atoms with Gasteiger partial charge >= 0.3 is 0 Å². The zero-order valence-corrected chi connectivity index (χ0v) is 8.21. The smallest absolute Gasteiger partial charge is 0.163 e. The van der Waals surface area contributed by atoms with Crippen molar-refractivity contribution in [3.8, 4) is 0 Å². The Balaban J connectivity index is 3.56. The Morgan fingerprint density at radius 1 is 0.929 bits per heavy atom. The first-order valence-corrected chi connectivity index (χ1v) is 4.48. The third kappa shape index (κ3) is 7.05. The highest BCUT2D eigenvalue weighted by Gasteiger charge is 1.99. The number of rotatable bonds is 7. The molecule has 0 aliphatic rings. The van der Waals surface area contributed by atoms with Crippen molar-refractivity contribution in [2.45, 2.75) is 25.7 Å². The van der Waals surface area contributed by atoms with Crippen LogP contribution in [-0.4, -0.2) is 11.6 Å². The molecule has 0 aromatic heterocycles. The van der Waals surface area contributed by atoms with Crippen LogP contribution in [0.3, 0.4) is 0 Å². The lowest BCUT2D eigenvalue weighted by atomic mass is 10.1. The Morgan fingerprint density at radius 2 is 1.29 bits per heavy atom. The van der Waals surface area contributed by atoms with Gasteiger partial charge in [0.1, 0.15) is 0 Å². The van der Waals surface area contributed by atoms with Crippen molar-refractivity contribution in [1.82, 2.24) is 0 Å². The van der Waals surface area contributed by atoms with E-state index in [1.54, 1.807) is 0 Å². The lowest BCUT2D eigenvalue weighted by molar-refractivity contribution is -0.116. The van der Waals surface area contributed by atoms with Gasteiger partial charge in [0.25, 0.3) is 0 Å².